The lowest BCUT2D eigenvalue weighted by molar-refractivity contribution is -0.344. The summed E-state index contributed by atoms with van der Waals surface area (Å²) in [6, 6.07) is 22.7. The number of hydrogen-bond donors (Lipinski definition) is 2. The zero-order chi connectivity index (χ0) is 58.7. The molecule has 11 atom stereocenters. The molecule has 1 aliphatic heterocycles. The molecular weight excluding hydrogens is 1050 g/mol. The normalized spacial score (nSPS) is 28.6. The first-order valence-electron chi connectivity index (χ1n) is 29.4. The molecule has 18 heteroatoms. The van der Waals surface area contributed by atoms with E-state index < -0.39 is 125 Å². The van der Waals surface area contributed by atoms with Gasteiger partial charge >= 0.3 is 24.0 Å². The number of amides is 1. The van der Waals surface area contributed by atoms with Gasteiger partial charge in [-0.2, -0.15) is 0 Å². The highest BCUT2D eigenvalue weighted by atomic mass is 28.4. The summed E-state index contributed by atoms with van der Waals surface area (Å²) in [6.45, 7) is 32.6. The van der Waals surface area contributed by atoms with Crippen LogP contribution in [0.2, 0.25) is 54.4 Å². The average molecular weight is 1150 g/mol. The first-order chi connectivity index (χ1) is 37.1. The van der Waals surface area contributed by atoms with Gasteiger partial charge in [0.25, 0.3) is 0 Å². The number of nitrogens with one attached hydrogen (secondary N) is 1. The van der Waals surface area contributed by atoms with E-state index in [-0.39, 0.29) is 30.8 Å². The van der Waals surface area contributed by atoms with E-state index in [1.54, 1.807) is 51.1 Å². The summed E-state index contributed by atoms with van der Waals surface area (Å²) in [7, 11) is -8.17. The number of ether oxygens (including phenoxy) is 5. The van der Waals surface area contributed by atoms with Crippen LogP contribution in [0.5, 0.6) is 0 Å². The maximum Gasteiger partial charge on any atom is 0.408 e. The zero-order valence-corrected chi connectivity index (χ0v) is 53.6. The van der Waals surface area contributed by atoms with Crippen molar-refractivity contribution in [2.45, 2.75) is 244 Å². The van der Waals surface area contributed by atoms with Crippen molar-refractivity contribution in [3.63, 3.8) is 0 Å². The third-order valence-corrected chi connectivity index (χ3v) is 33.3. The molecule has 11 unspecified atom stereocenters. The van der Waals surface area contributed by atoms with Crippen LogP contribution in [0.15, 0.2) is 71.8 Å². The van der Waals surface area contributed by atoms with Crippen LogP contribution in [0.25, 0.3) is 0 Å². The van der Waals surface area contributed by atoms with Gasteiger partial charge in [-0.05, 0) is 118 Å². The van der Waals surface area contributed by atoms with E-state index in [4.69, 9.17) is 37.0 Å². The van der Waals surface area contributed by atoms with E-state index in [1.165, 1.54) is 6.92 Å². The molecule has 2 N–H and O–H groups in total. The second kappa shape index (κ2) is 24.8. The predicted molar refractivity (Wildman–Crippen MR) is 312 cm³/mol. The number of rotatable bonds is 23. The third kappa shape index (κ3) is 12.1. The van der Waals surface area contributed by atoms with Crippen molar-refractivity contribution in [2.24, 2.45) is 16.7 Å². The second-order valence-corrected chi connectivity index (χ2v) is 38.8. The molecule has 3 aliphatic carbocycles. The van der Waals surface area contributed by atoms with Crippen molar-refractivity contribution >= 4 is 54.7 Å². The SMILES string of the molecule is CC[Si](CC)(CC)OC1C(=O)C2(C)C(O[Si](CC)(CC)CC)CC3OCC3(OC(C)=O)C2C(OC(=O)c2ccccc2)C2(O)CC(OC(=O)C(O[Si](CC)(CC)CC)C(NC(=O)OC(C)(C)C)c3ccccc3)C(C)=C1C2(C)C. The Bertz CT molecular complexity index is 2480. The number of esters is 3. The van der Waals surface area contributed by atoms with Gasteiger partial charge in [-0.15, -0.1) is 0 Å². The Hall–Kier alpha value is -4.02. The Morgan fingerprint density at radius 1 is 0.759 bits per heavy atom. The molecule has 15 nitrogen and oxygen atoms in total. The van der Waals surface area contributed by atoms with E-state index in [2.05, 4.69) is 46.9 Å². The van der Waals surface area contributed by atoms with E-state index in [0.717, 1.165) is 18.1 Å². The van der Waals surface area contributed by atoms with Crippen molar-refractivity contribution in [1.29, 1.82) is 0 Å². The van der Waals surface area contributed by atoms with Crippen molar-refractivity contribution in [2.75, 3.05) is 6.61 Å². The molecule has 0 radical (unpaired) electrons. The highest BCUT2D eigenvalue weighted by Crippen LogP contribution is 2.65. The first-order valence-corrected chi connectivity index (χ1v) is 37.0. The molecule has 2 aromatic rings. The summed E-state index contributed by atoms with van der Waals surface area (Å²) in [5.41, 5.74) is -6.18. The zero-order valence-electron chi connectivity index (χ0n) is 50.6. The summed E-state index contributed by atoms with van der Waals surface area (Å²) in [6.07, 6.45) is -8.28. The highest BCUT2D eigenvalue weighted by Gasteiger charge is 2.79. The fraction of sp³-hybridized carbons (Fsp3) is 0.689. The largest absolute Gasteiger partial charge is 0.456 e. The molecule has 1 heterocycles. The summed E-state index contributed by atoms with van der Waals surface area (Å²) in [4.78, 5) is 75.9. The van der Waals surface area contributed by atoms with Crippen molar-refractivity contribution < 1.29 is 66.0 Å². The van der Waals surface area contributed by atoms with Crippen LogP contribution in [0, 0.1) is 16.7 Å². The Balaban J connectivity index is 1.71. The van der Waals surface area contributed by atoms with Gasteiger partial charge in [0.1, 0.15) is 35.6 Å². The predicted octanol–water partition coefficient (Wildman–Crippen LogP) is 12.3. The molecule has 4 aliphatic rings. The molecule has 0 aromatic heterocycles. The molecule has 3 fully saturated rings. The quantitative estimate of drug-likeness (QED) is 0.0462. The van der Waals surface area contributed by atoms with Gasteiger partial charge in [-0.1, -0.05) is 125 Å². The molecule has 2 saturated carbocycles. The number of carbonyl (C=O) groups is 5. The lowest BCUT2D eigenvalue weighted by Gasteiger charge is -2.68. The Morgan fingerprint density at radius 2 is 1.28 bits per heavy atom. The number of fused-ring (bicyclic) bond motifs is 5. The van der Waals surface area contributed by atoms with Crippen LogP contribution < -0.4 is 5.32 Å². The summed E-state index contributed by atoms with van der Waals surface area (Å²) >= 11 is 0. The minimum Gasteiger partial charge on any atom is -0.456 e. The lowest BCUT2D eigenvalue weighted by Crippen LogP contribution is -2.82. The number of hydrogen-bond acceptors (Lipinski definition) is 14. The maximum atomic E-state index is 17.2. The van der Waals surface area contributed by atoms with E-state index >= 15 is 14.4 Å². The van der Waals surface area contributed by atoms with Gasteiger partial charge in [-0.3, -0.25) is 9.59 Å². The third-order valence-electron chi connectivity index (χ3n) is 19.4. The molecule has 2 bridgehead atoms. The minimum atomic E-state index is -2.82. The van der Waals surface area contributed by atoms with E-state index in [9.17, 15) is 14.7 Å². The lowest BCUT2D eigenvalue weighted by atomic mass is 9.44. The molecule has 0 spiro atoms. The second-order valence-electron chi connectivity index (χ2n) is 24.6. The fourth-order valence-corrected chi connectivity index (χ4v) is 22.2. The van der Waals surface area contributed by atoms with E-state index in [1.807, 2.05) is 78.8 Å². The number of alkyl carbamates (subject to hydrolysis) is 1. The monoisotopic (exact) mass is 1150 g/mol. The van der Waals surface area contributed by atoms with Crippen molar-refractivity contribution in [3.8, 4) is 0 Å². The summed E-state index contributed by atoms with van der Waals surface area (Å²) in [5.74, 6) is -3.89. The van der Waals surface area contributed by atoms with Crippen molar-refractivity contribution in [1.82, 2.24) is 5.32 Å². The molecule has 1 amide bonds. The number of ketones is 1. The first kappa shape index (κ1) is 64.2. The van der Waals surface area contributed by atoms with Crippen LogP contribution in [0.4, 0.5) is 4.79 Å². The average Bonchev–Trinajstić information content (AvgIpc) is 3.31. The van der Waals surface area contributed by atoms with E-state index in [0.29, 0.717) is 53.0 Å². The molecule has 6 rings (SSSR count). The molecule has 440 valence electrons. The number of benzene rings is 2. The minimum absolute atomic E-state index is 0.156. The van der Waals surface area contributed by atoms with Gasteiger partial charge in [0.15, 0.2) is 42.4 Å². The number of carbonyl (C=O) groups excluding carboxylic acids is 5. The van der Waals surface area contributed by atoms with Gasteiger partial charge in [0, 0.05) is 25.2 Å². The Kier molecular flexibility index (Phi) is 20.2. The van der Waals surface area contributed by atoms with Crippen LogP contribution >= 0.6 is 0 Å². The van der Waals surface area contributed by atoms with Crippen LogP contribution in [0.3, 0.4) is 0 Å². The van der Waals surface area contributed by atoms with Crippen LogP contribution in [-0.4, -0.2) is 120 Å². The Labute approximate surface area is 474 Å². The molecular formula is C61H95NO14Si3. The molecule has 1 saturated heterocycles. The Morgan fingerprint density at radius 3 is 1.76 bits per heavy atom. The van der Waals surface area contributed by atoms with Gasteiger partial charge in [0.2, 0.25) is 0 Å². The molecule has 2 aromatic carbocycles. The van der Waals surface area contributed by atoms with Gasteiger partial charge in [0.05, 0.1) is 35.6 Å². The smallest absolute Gasteiger partial charge is 0.408 e. The maximum absolute atomic E-state index is 17.2. The van der Waals surface area contributed by atoms with Crippen LogP contribution in [-0.2, 0) is 51.3 Å². The standard InChI is InChI=1S/C61H95NO14Si3/c1-18-77(19-2,20-3)74-45-37-46-60(39-69-46,72-41(11)63)51-53(71-54(65)43-35-31-28-32-36-43)61(68)38-44(40(10)47(58(61,15)16)49(52(64)59(45,51)17)75-78(21-4,22-5)23-6)70-55(66)50(76-79(24-7,25-8)26-9)48(42-33-29-27-30-34-42)62-56(67)73-57(12,13)14/h27-36,44-46,48-51,53,68H,18-26,37-39H2,1-17H3,(H,62,67). The number of Topliss-reactive ketones (excluding diaryl/α,β-unsaturated/α-hetero) is 1. The van der Waals surface area contributed by atoms with Crippen LogP contribution in [0.1, 0.15) is 153 Å². The fourth-order valence-electron chi connectivity index (χ4n) is 13.7. The van der Waals surface area contributed by atoms with Crippen molar-refractivity contribution in [3.05, 3.63) is 82.9 Å². The summed E-state index contributed by atoms with van der Waals surface area (Å²) in [5, 5.41) is 17.7. The van der Waals surface area contributed by atoms with Gasteiger partial charge in [-0.25, -0.2) is 14.4 Å². The summed E-state index contributed by atoms with van der Waals surface area (Å²) < 4.78 is 55.1. The topological polar surface area (TPSA) is 191 Å². The number of aliphatic hydroxyl groups is 1. The van der Waals surface area contributed by atoms with Gasteiger partial charge < -0.3 is 47.4 Å². The highest BCUT2D eigenvalue weighted by molar-refractivity contribution is 6.74. The molecule has 79 heavy (non-hydrogen) atoms.